The molecule has 0 aliphatic carbocycles. The van der Waals surface area contributed by atoms with Gasteiger partial charge in [0.05, 0.1) is 5.52 Å². The summed E-state index contributed by atoms with van der Waals surface area (Å²) < 4.78 is 1.66. The summed E-state index contributed by atoms with van der Waals surface area (Å²) in [5.41, 5.74) is 3.71. The summed E-state index contributed by atoms with van der Waals surface area (Å²) in [5, 5.41) is 5.84. The molecule has 0 aliphatic rings. The zero-order valence-electron chi connectivity index (χ0n) is 16.7. The molecule has 146 valence electrons. The second-order valence-corrected chi connectivity index (χ2v) is 7.14. The summed E-state index contributed by atoms with van der Waals surface area (Å²) in [6.45, 7) is 8.69. The Bertz CT molecular complexity index is 1020. The number of carbonyl (C=O) groups is 2. The van der Waals surface area contributed by atoms with Gasteiger partial charge < -0.3 is 10.6 Å². The maximum absolute atomic E-state index is 13.1. The van der Waals surface area contributed by atoms with E-state index in [0.29, 0.717) is 12.1 Å². The van der Waals surface area contributed by atoms with Crippen molar-refractivity contribution in [3.05, 3.63) is 65.2 Å². The topological polar surface area (TPSA) is 75.5 Å². The third-order valence-corrected chi connectivity index (χ3v) is 4.67. The van der Waals surface area contributed by atoms with Crippen molar-refractivity contribution < 1.29 is 9.59 Å². The Hall–Kier alpha value is -3.15. The quantitative estimate of drug-likeness (QED) is 0.676. The van der Waals surface area contributed by atoms with Gasteiger partial charge in [0.15, 0.2) is 5.69 Å². The molecular formula is C22H26N4O2. The van der Waals surface area contributed by atoms with E-state index in [1.165, 1.54) is 0 Å². The maximum Gasteiger partial charge on any atom is 0.292 e. The molecule has 0 unspecified atom stereocenters. The van der Waals surface area contributed by atoms with Crippen LogP contribution in [0.1, 0.15) is 65.3 Å². The van der Waals surface area contributed by atoms with Gasteiger partial charge in [0.1, 0.15) is 0 Å². The van der Waals surface area contributed by atoms with Gasteiger partial charge in [-0.25, -0.2) is 4.98 Å². The van der Waals surface area contributed by atoms with Crippen LogP contribution in [0.5, 0.6) is 0 Å². The van der Waals surface area contributed by atoms with Crippen LogP contribution in [0.4, 0.5) is 5.69 Å². The average molecular weight is 378 g/mol. The van der Waals surface area contributed by atoms with E-state index in [2.05, 4.69) is 29.5 Å². The minimum atomic E-state index is -0.341. The zero-order chi connectivity index (χ0) is 20.3. The van der Waals surface area contributed by atoms with Crippen molar-refractivity contribution in [2.75, 3.05) is 11.9 Å². The fourth-order valence-electron chi connectivity index (χ4n) is 3.20. The zero-order valence-corrected chi connectivity index (χ0v) is 16.7. The highest BCUT2D eigenvalue weighted by molar-refractivity contribution is 6.06. The third-order valence-electron chi connectivity index (χ3n) is 4.67. The molecule has 0 radical (unpaired) electrons. The lowest BCUT2D eigenvalue weighted by Gasteiger charge is -2.16. The molecule has 6 heteroatoms. The number of anilines is 1. The summed E-state index contributed by atoms with van der Waals surface area (Å²) in [4.78, 5) is 30.0. The van der Waals surface area contributed by atoms with E-state index in [9.17, 15) is 9.59 Å². The Morgan fingerprint density at radius 1 is 1.11 bits per heavy atom. The first-order valence-electron chi connectivity index (χ1n) is 9.60. The van der Waals surface area contributed by atoms with Crippen molar-refractivity contribution in [1.29, 1.82) is 0 Å². The fraction of sp³-hybridized carbons (Fsp3) is 0.318. The van der Waals surface area contributed by atoms with Crippen molar-refractivity contribution >= 4 is 23.0 Å². The van der Waals surface area contributed by atoms with E-state index in [1.54, 1.807) is 16.7 Å². The van der Waals surface area contributed by atoms with Crippen LogP contribution in [0.15, 0.2) is 42.6 Å². The number of para-hydroxylation sites is 1. The molecule has 0 spiro atoms. The SMILES string of the molecule is CCCNC(=O)c1nc(C(=O)Nc2c(C)cccc2C(C)C)n2ccccc12. The van der Waals surface area contributed by atoms with Crippen molar-refractivity contribution in [3.63, 3.8) is 0 Å². The predicted molar refractivity (Wildman–Crippen MR) is 111 cm³/mol. The Morgan fingerprint density at radius 2 is 1.89 bits per heavy atom. The van der Waals surface area contributed by atoms with Crippen LogP contribution in [-0.2, 0) is 0 Å². The summed E-state index contributed by atoms with van der Waals surface area (Å²) in [5.74, 6) is -0.159. The highest BCUT2D eigenvalue weighted by atomic mass is 16.2. The molecule has 2 aromatic heterocycles. The number of hydrogen-bond acceptors (Lipinski definition) is 3. The number of pyridine rings is 1. The van der Waals surface area contributed by atoms with Gasteiger partial charge in [-0.3, -0.25) is 14.0 Å². The molecular weight excluding hydrogens is 352 g/mol. The minimum absolute atomic E-state index is 0.190. The third kappa shape index (κ3) is 3.76. The molecule has 28 heavy (non-hydrogen) atoms. The van der Waals surface area contributed by atoms with Crippen LogP contribution in [0.3, 0.4) is 0 Å². The molecule has 3 aromatic rings. The van der Waals surface area contributed by atoms with Crippen LogP contribution in [0.2, 0.25) is 0 Å². The first-order chi connectivity index (χ1) is 13.4. The normalized spacial score (nSPS) is 11.0. The second kappa shape index (κ2) is 8.25. The Balaban J connectivity index is 2.01. The van der Waals surface area contributed by atoms with Crippen LogP contribution >= 0.6 is 0 Å². The molecule has 0 saturated carbocycles. The monoisotopic (exact) mass is 378 g/mol. The van der Waals surface area contributed by atoms with Gasteiger partial charge in [0.2, 0.25) is 5.82 Å². The molecule has 0 fully saturated rings. The maximum atomic E-state index is 13.1. The Labute approximate surface area is 165 Å². The lowest BCUT2D eigenvalue weighted by molar-refractivity contribution is 0.0951. The number of carbonyl (C=O) groups excluding carboxylic acids is 2. The van der Waals surface area contributed by atoms with E-state index in [1.807, 2.05) is 44.2 Å². The lowest BCUT2D eigenvalue weighted by atomic mass is 9.98. The summed E-state index contributed by atoms with van der Waals surface area (Å²) in [6.07, 6.45) is 2.57. The molecule has 0 aliphatic heterocycles. The van der Waals surface area contributed by atoms with Gasteiger partial charge in [-0.15, -0.1) is 0 Å². The highest BCUT2D eigenvalue weighted by Gasteiger charge is 2.22. The van der Waals surface area contributed by atoms with Crippen LogP contribution in [-0.4, -0.2) is 27.7 Å². The first kappa shape index (κ1) is 19.6. The molecule has 0 bridgehead atoms. The van der Waals surface area contributed by atoms with Crippen molar-refractivity contribution in [1.82, 2.24) is 14.7 Å². The Morgan fingerprint density at radius 3 is 2.61 bits per heavy atom. The number of imidazole rings is 1. The predicted octanol–water partition coefficient (Wildman–Crippen LogP) is 4.16. The average Bonchev–Trinajstić information content (AvgIpc) is 3.07. The molecule has 2 N–H and O–H groups in total. The van der Waals surface area contributed by atoms with Gasteiger partial charge >= 0.3 is 0 Å². The van der Waals surface area contributed by atoms with Gasteiger partial charge in [-0.1, -0.05) is 45.0 Å². The number of hydrogen-bond donors (Lipinski definition) is 2. The molecule has 6 nitrogen and oxygen atoms in total. The number of rotatable bonds is 6. The van der Waals surface area contributed by atoms with Crippen molar-refractivity contribution in [2.45, 2.75) is 40.0 Å². The molecule has 2 heterocycles. The number of nitrogens with one attached hydrogen (secondary N) is 2. The summed E-state index contributed by atoms with van der Waals surface area (Å²) in [7, 11) is 0. The second-order valence-electron chi connectivity index (χ2n) is 7.14. The minimum Gasteiger partial charge on any atom is -0.351 e. The summed E-state index contributed by atoms with van der Waals surface area (Å²) in [6, 6.07) is 11.4. The van der Waals surface area contributed by atoms with E-state index in [0.717, 1.165) is 23.2 Å². The van der Waals surface area contributed by atoms with Gasteiger partial charge in [-0.05, 0) is 42.5 Å². The van der Waals surface area contributed by atoms with Gasteiger partial charge in [-0.2, -0.15) is 0 Å². The van der Waals surface area contributed by atoms with E-state index >= 15 is 0 Å². The Kier molecular flexibility index (Phi) is 5.78. The largest absolute Gasteiger partial charge is 0.351 e. The van der Waals surface area contributed by atoms with Crippen molar-refractivity contribution in [3.8, 4) is 0 Å². The van der Waals surface area contributed by atoms with Crippen molar-refractivity contribution in [2.24, 2.45) is 0 Å². The molecule has 2 amide bonds. The molecule has 3 rings (SSSR count). The van der Waals surface area contributed by atoms with Crippen LogP contribution < -0.4 is 10.6 Å². The number of fused-ring (bicyclic) bond motifs is 1. The van der Waals surface area contributed by atoms with E-state index in [-0.39, 0.29) is 29.3 Å². The summed E-state index contributed by atoms with van der Waals surface area (Å²) >= 11 is 0. The van der Waals surface area contributed by atoms with Gasteiger partial charge in [0, 0.05) is 18.4 Å². The number of benzene rings is 1. The molecule has 0 saturated heterocycles. The number of amides is 2. The standard InChI is InChI=1S/C22H26N4O2/c1-5-12-23-21(27)19-17-11-6-7-13-26(17)20(24-19)22(28)25-18-15(4)9-8-10-16(18)14(2)3/h6-11,13-14H,5,12H2,1-4H3,(H,23,27)(H,25,28). The first-order valence-corrected chi connectivity index (χ1v) is 9.60. The van der Waals surface area contributed by atoms with Crippen LogP contribution in [0, 0.1) is 6.92 Å². The molecule has 1 aromatic carbocycles. The van der Waals surface area contributed by atoms with E-state index in [4.69, 9.17) is 0 Å². The number of aromatic nitrogens is 2. The van der Waals surface area contributed by atoms with Gasteiger partial charge in [0.25, 0.3) is 11.8 Å². The smallest absolute Gasteiger partial charge is 0.292 e. The lowest BCUT2D eigenvalue weighted by Crippen LogP contribution is -2.24. The number of nitrogens with zero attached hydrogens (tertiary/aromatic N) is 2. The van der Waals surface area contributed by atoms with E-state index < -0.39 is 0 Å². The highest BCUT2D eigenvalue weighted by Crippen LogP contribution is 2.28. The fourth-order valence-corrected chi connectivity index (χ4v) is 3.20. The molecule has 0 atom stereocenters. The number of aryl methyl sites for hydroxylation is 1. The van der Waals surface area contributed by atoms with Crippen LogP contribution in [0.25, 0.3) is 5.52 Å².